The summed E-state index contributed by atoms with van der Waals surface area (Å²) in [7, 11) is 0. The Morgan fingerprint density at radius 1 is 1.16 bits per heavy atom. The third kappa shape index (κ3) is 3.33. The molecule has 0 saturated heterocycles. The highest BCUT2D eigenvalue weighted by atomic mass is 35.5. The Balaban J connectivity index is 1.34. The van der Waals surface area contributed by atoms with E-state index in [1.54, 1.807) is 10.7 Å². The van der Waals surface area contributed by atoms with Crippen LogP contribution < -0.4 is 10.6 Å². The molecular weight excluding hydrogens is 433 g/mol. The van der Waals surface area contributed by atoms with E-state index in [1.165, 1.54) is 18.2 Å². The highest BCUT2D eigenvalue weighted by molar-refractivity contribution is 6.33. The van der Waals surface area contributed by atoms with E-state index in [1.807, 2.05) is 19.9 Å². The number of aromatic nitrogens is 3. The number of carbonyl (C=O) groups is 2. The van der Waals surface area contributed by atoms with E-state index in [-0.39, 0.29) is 16.8 Å². The number of carbonyl (C=O) groups excluding carboxylic acids is 2. The van der Waals surface area contributed by atoms with Crippen molar-refractivity contribution in [3.8, 4) is 0 Å². The van der Waals surface area contributed by atoms with Crippen molar-refractivity contribution in [1.29, 1.82) is 0 Å². The first-order chi connectivity index (χ1) is 15.2. The monoisotopic (exact) mass is 455 g/mol. The van der Waals surface area contributed by atoms with Gasteiger partial charge in [-0.05, 0) is 70.2 Å². The average molecular weight is 456 g/mol. The van der Waals surface area contributed by atoms with Crippen LogP contribution in [0.2, 0.25) is 5.02 Å². The number of amides is 2. The normalized spacial score (nSPS) is 24.1. The van der Waals surface area contributed by atoms with E-state index in [4.69, 9.17) is 11.6 Å². The van der Waals surface area contributed by atoms with E-state index in [0.29, 0.717) is 49.0 Å². The molecule has 2 heterocycles. The zero-order chi connectivity index (χ0) is 22.7. The number of halogens is 2. The predicted molar refractivity (Wildman–Crippen MR) is 118 cm³/mol. The van der Waals surface area contributed by atoms with Crippen molar-refractivity contribution in [2.24, 2.45) is 5.41 Å². The largest absolute Gasteiger partial charge is 0.346 e. The van der Waals surface area contributed by atoms with Crippen molar-refractivity contribution in [3.63, 3.8) is 0 Å². The number of benzene rings is 1. The topological polar surface area (TPSA) is 88.4 Å². The van der Waals surface area contributed by atoms with Crippen molar-refractivity contribution in [2.45, 2.75) is 51.5 Å². The summed E-state index contributed by atoms with van der Waals surface area (Å²) >= 11 is 6.08. The van der Waals surface area contributed by atoms with Gasteiger partial charge < -0.3 is 10.6 Å². The molecule has 0 radical (unpaired) electrons. The van der Waals surface area contributed by atoms with Gasteiger partial charge in [0.05, 0.1) is 22.3 Å². The number of hydrogen-bond donors (Lipinski definition) is 2. The summed E-state index contributed by atoms with van der Waals surface area (Å²) in [5, 5.41) is 10.5. The van der Waals surface area contributed by atoms with Crippen LogP contribution in [0, 0.1) is 25.1 Å². The number of rotatable bonds is 4. The molecule has 32 heavy (non-hydrogen) atoms. The molecule has 7 nitrogen and oxygen atoms in total. The molecule has 2 aliphatic carbocycles. The van der Waals surface area contributed by atoms with Gasteiger partial charge in [0.2, 0.25) is 5.91 Å². The molecule has 2 saturated carbocycles. The second-order valence-electron chi connectivity index (χ2n) is 9.10. The van der Waals surface area contributed by atoms with Crippen LogP contribution in [-0.2, 0) is 4.79 Å². The minimum atomic E-state index is -0.572. The Morgan fingerprint density at radius 3 is 2.62 bits per heavy atom. The molecule has 9 heteroatoms. The first kappa shape index (κ1) is 20.9. The van der Waals surface area contributed by atoms with Crippen molar-refractivity contribution in [3.05, 3.63) is 58.3 Å². The van der Waals surface area contributed by atoms with Gasteiger partial charge in [0.25, 0.3) is 5.91 Å². The molecule has 166 valence electrons. The van der Waals surface area contributed by atoms with Crippen LogP contribution >= 0.6 is 11.6 Å². The highest BCUT2D eigenvalue weighted by Crippen LogP contribution is 2.57. The molecule has 0 atom stereocenters. The summed E-state index contributed by atoms with van der Waals surface area (Å²) in [5.74, 6) is -0.817. The fourth-order valence-electron chi connectivity index (χ4n) is 5.27. The van der Waals surface area contributed by atoms with Crippen LogP contribution in [0.15, 0.2) is 30.5 Å². The minimum Gasteiger partial charge on any atom is -0.346 e. The molecule has 1 aromatic carbocycles. The molecule has 0 unspecified atom stereocenters. The molecule has 2 fully saturated rings. The van der Waals surface area contributed by atoms with E-state index in [0.717, 1.165) is 11.4 Å². The van der Waals surface area contributed by atoms with Gasteiger partial charge in [-0.1, -0.05) is 11.6 Å². The summed E-state index contributed by atoms with van der Waals surface area (Å²) in [6.07, 6.45) is 4.87. The van der Waals surface area contributed by atoms with Crippen molar-refractivity contribution >= 4 is 34.7 Å². The summed E-state index contributed by atoms with van der Waals surface area (Å²) in [4.78, 5) is 30.8. The van der Waals surface area contributed by atoms with E-state index < -0.39 is 16.8 Å². The number of fused-ring (bicyclic) bond motifs is 3. The van der Waals surface area contributed by atoms with Crippen molar-refractivity contribution in [1.82, 2.24) is 19.9 Å². The highest BCUT2D eigenvalue weighted by Gasteiger charge is 2.58. The van der Waals surface area contributed by atoms with Crippen molar-refractivity contribution < 1.29 is 14.0 Å². The van der Waals surface area contributed by atoms with Gasteiger partial charge >= 0.3 is 0 Å². The minimum absolute atomic E-state index is 0.136. The maximum atomic E-state index is 13.3. The predicted octanol–water partition coefficient (Wildman–Crippen LogP) is 4.21. The molecule has 5 rings (SSSR count). The number of hydrogen-bond acceptors (Lipinski definition) is 4. The first-order valence-electron chi connectivity index (χ1n) is 10.6. The molecule has 2 bridgehead atoms. The molecule has 2 amide bonds. The van der Waals surface area contributed by atoms with Gasteiger partial charge in [0.1, 0.15) is 11.4 Å². The third-order valence-corrected chi connectivity index (χ3v) is 7.22. The fraction of sp³-hybridized carbons (Fsp3) is 0.391. The molecule has 2 N–H and O–H groups in total. The Labute approximate surface area is 189 Å². The number of nitrogens with zero attached hydrogens (tertiary/aromatic N) is 3. The Morgan fingerprint density at radius 2 is 1.91 bits per heavy atom. The lowest BCUT2D eigenvalue weighted by atomic mass is 9.83. The van der Waals surface area contributed by atoms with Crippen LogP contribution in [0.1, 0.15) is 53.8 Å². The van der Waals surface area contributed by atoms with Gasteiger partial charge in [-0.25, -0.2) is 13.9 Å². The number of aryl methyl sites for hydroxylation is 2. The zero-order valence-electron chi connectivity index (χ0n) is 17.8. The summed E-state index contributed by atoms with van der Waals surface area (Å²) < 4.78 is 15.0. The summed E-state index contributed by atoms with van der Waals surface area (Å²) in [6, 6.07) is 5.82. The van der Waals surface area contributed by atoms with Gasteiger partial charge in [0.15, 0.2) is 5.65 Å². The van der Waals surface area contributed by atoms with Crippen LogP contribution in [0.5, 0.6) is 0 Å². The number of nitrogens with one attached hydrogen (secondary N) is 2. The van der Waals surface area contributed by atoms with Gasteiger partial charge in [-0.2, -0.15) is 5.10 Å². The quantitative estimate of drug-likeness (QED) is 0.616. The second-order valence-corrected chi connectivity index (χ2v) is 9.51. The molecule has 3 aromatic rings. The van der Waals surface area contributed by atoms with E-state index >= 15 is 0 Å². The molecule has 2 aliphatic rings. The molecule has 0 spiro atoms. The molecular formula is C23H23ClFN5O2. The lowest BCUT2D eigenvalue weighted by Gasteiger charge is -2.28. The van der Waals surface area contributed by atoms with Crippen LogP contribution in [0.3, 0.4) is 0 Å². The van der Waals surface area contributed by atoms with Gasteiger partial charge in [-0.15, -0.1) is 0 Å². The van der Waals surface area contributed by atoms with E-state index in [2.05, 4.69) is 20.7 Å². The maximum Gasteiger partial charge on any atom is 0.257 e. The SMILES string of the molecule is Cc1cc(C)n2ncc(C(=O)NC34CCC(C(=O)Nc5ccc(F)cc5Cl)(CC3)C4)c2n1. The van der Waals surface area contributed by atoms with Crippen LogP contribution in [0.25, 0.3) is 5.65 Å². The van der Waals surface area contributed by atoms with Crippen LogP contribution in [-0.4, -0.2) is 32.0 Å². The van der Waals surface area contributed by atoms with Crippen molar-refractivity contribution in [2.75, 3.05) is 5.32 Å². The smallest absolute Gasteiger partial charge is 0.257 e. The van der Waals surface area contributed by atoms with Crippen LogP contribution in [0.4, 0.5) is 10.1 Å². The lowest BCUT2D eigenvalue weighted by molar-refractivity contribution is -0.125. The molecule has 0 aliphatic heterocycles. The van der Waals surface area contributed by atoms with E-state index in [9.17, 15) is 14.0 Å². The summed E-state index contributed by atoms with van der Waals surface area (Å²) in [6.45, 7) is 3.80. The Hall–Kier alpha value is -3.00. The lowest BCUT2D eigenvalue weighted by Crippen LogP contribution is -2.45. The standard InChI is InChI=1S/C23H23ClFN5O2/c1-13-9-14(2)30-19(27-13)16(11-26-30)20(31)29-23-7-5-22(12-23,6-8-23)21(32)28-18-4-3-15(25)10-17(18)24/h3-4,9-11H,5-8,12H2,1-2H3,(H,28,32)(H,29,31). The Bertz CT molecular complexity index is 1260. The fourth-order valence-corrected chi connectivity index (χ4v) is 5.48. The van der Waals surface area contributed by atoms with Gasteiger partial charge in [0, 0.05) is 16.9 Å². The number of anilines is 1. The second kappa shape index (κ2) is 7.27. The van der Waals surface area contributed by atoms with Gasteiger partial charge in [-0.3, -0.25) is 9.59 Å². The first-order valence-corrected chi connectivity index (χ1v) is 11.0. The molecule has 2 aromatic heterocycles. The average Bonchev–Trinajstić information content (AvgIpc) is 3.42. The Kier molecular flexibility index (Phi) is 4.74. The zero-order valence-corrected chi connectivity index (χ0v) is 18.6. The summed E-state index contributed by atoms with van der Waals surface area (Å²) in [5.41, 5.74) is 2.07. The third-order valence-electron chi connectivity index (χ3n) is 6.90. The maximum absolute atomic E-state index is 13.3.